The molecule has 0 fully saturated rings. The van der Waals surface area contributed by atoms with E-state index in [1.54, 1.807) is 17.0 Å². The van der Waals surface area contributed by atoms with Crippen LogP contribution in [-0.4, -0.2) is 35.4 Å². The van der Waals surface area contributed by atoms with Gasteiger partial charge in [-0.1, -0.05) is 67.1 Å². The molecule has 0 unspecified atom stereocenters. The van der Waals surface area contributed by atoms with E-state index >= 15 is 0 Å². The Labute approximate surface area is 219 Å². The van der Waals surface area contributed by atoms with Crippen LogP contribution in [0.1, 0.15) is 49.8 Å². The lowest BCUT2D eigenvalue weighted by atomic mass is 10.0. The van der Waals surface area contributed by atoms with Gasteiger partial charge < -0.3 is 15.0 Å². The van der Waals surface area contributed by atoms with Crippen molar-refractivity contribution in [3.8, 4) is 5.75 Å². The Bertz CT molecular complexity index is 1120. The van der Waals surface area contributed by atoms with E-state index in [-0.39, 0.29) is 36.6 Å². The average molecular weight is 505 g/mol. The van der Waals surface area contributed by atoms with Gasteiger partial charge in [0.2, 0.25) is 11.8 Å². The van der Waals surface area contributed by atoms with Gasteiger partial charge in [-0.05, 0) is 62.1 Å². The first-order chi connectivity index (χ1) is 17.9. The summed E-state index contributed by atoms with van der Waals surface area (Å²) in [5.41, 5.74) is 2.88. The second kappa shape index (κ2) is 14.2. The molecule has 2 atom stereocenters. The maximum Gasteiger partial charge on any atom is 0.243 e. The molecule has 6 heteroatoms. The minimum atomic E-state index is -0.702. The fourth-order valence-corrected chi connectivity index (χ4v) is 3.97. The van der Waals surface area contributed by atoms with Crippen LogP contribution in [0, 0.1) is 12.7 Å². The number of hydrogen-bond donors (Lipinski definition) is 1. The summed E-state index contributed by atoms with van der Waals surface area (Å²) in [6.07, 6.45) is 1.91. The van der Waals surface area contributed by atoms with Gasteiger partial charge >= 0.3 is 0 Å². The summed E-state index contributed by atoms with van der Waals surface area (Å²) in [4.78, 5) is 28.7. The van der Waals surface area contributed by atoms with Crippen molar-refractivity contribution in [1.82, 2.24) is 10.2 Å². The van der Waals surface area contributed by atoms with Crippen LogP contribution in [0.4, 0.5) is 4.39 Å². The van der Waals surface area contributed by atoms with Gasteiger partial charge in [-0.3, -0.25) is 9.59 Å². The van der Waals surface area contributed by atoms with E-state index in [1.807, 2.05) is 75.4 Å². The number of halogens is 1. The minimum Gasteiger partial charge on any atom is -0.494 e. The highest BCUT2D eigenvalue weighted by Crippen LogP contribution is 2.18. The standard InChI is InChI=1S/C31H37FN2O3/c1-4-24(3)33-31(36)29(21-25-9-6-5-7-10-25)34(22-26-14-16-27(32)17-15-26)30(35)11-8-20-37-28-18-12-23(2)13-19-28/h5-7,9-10,12-19,24,29H,4,8,11,20-22H2,1-3H3,(H,33,36)/t24-,29-/m1/s1. The summed E-state index contributed by atoms with van der Waals surface area (Å²) in [6.45, 7) is 6.57. The fourth-order valence-electron chi connectivity index (χ4n) is 3.97. The molecule has 0 aliphatic heterocycles. The van der Waals surface area contributed by atoms with Crippen LogP contribution in [0.3, 0.4) is 0 Å². The van der Waals surface area contributed by atoms with Gasteiger partial charge in [0, 0.05) is 25.4 Å². The van der Waals surface area contributed by atoms with Gasteiger partial charge in [0.05, 0.1) is 6.61 Å². The molecule has 3 rings (SSSR count). The number of hydrogen-bond acceptors (Lipinski definition) is 3. The molecule has 0 spiro atoms. The molecule has 0 heterocycles. The van der Waals surface area contributed by atoms with Crippen molar-refractivity contribution in [3.63, 3.8) is 0 Å². The normalized spacial score (nSPS) is 12.4. The summed E-state index contributed by atoms with van der Waals surface area (Å²) in [5, 5.41) is 3.06. The molecule has 0 saturated heterocycles. The van der Waals surface area contributed by atoms with E-state index < -0.39 is 6.04 Å². The van der Waals surface area contributed by atoms with Crippen molar-refractivity contribution >= 4 is 11.8 Å². The molecule has 0 aliphatic rings. The third-order valence-electron chi connectivity index (χ3n) is 6.36. The monoisotopic (exact) mass is 504 g/mol. The molecule has 0 aliphatic carbocycles. The highest BCUT2D eigenvalue weighted by Gasteiger charge is 2.30. The zero-order valence-corrected chi connectivity index (χ0v) is 22.0. The Kier molecular flexibility index (Phi) is 10.7. The molecule has 37 heavy (non-hydrogen) atoms. The number of amides is 2. The van der Waals surface area contributed by atoms with Crippen LogP contribution in [-0.2, 0) is 22.6 Å². The maximum atomic E-state index is 13.6. The van der Waals surface area contributed by atoms with Gasteiger partial charge in [-0.15, -0.1) is 0 Å². The highest BCUT2D eigenvalue weighted by atomic mass is 19.1. The lowest BCUT2D eigenvalue weighted by Crippen LogP contribution is -2.52. The Morgan fingerprint density at radius 1 is 0.946 bits per heavy atom. The Hall–Kier alpha value is -3.67. The summed E-state index contributed by atoms with van der Waals surface area (Å²) in [7, 11) is 0. The number of benzene rings is 3. The first kappa shape index (κ1) is 27.9. The summed E-state index contributed by atoms with van der Waals surface area (Å²) >= 11 is 0. The smallest absolute Gasteiger partial charge is 0.243 e. The number of aryl methyl sites for hydroxylation is 1. The zero-order chi connectivity index (χ0) is 26.6. The Morgan fingerprint density at radius 2 is 1.62 bits per heavy atom. The first-order valence-electron chi connectivity index (χ1n) is 12.9. The number of rotatable bonds is 13. The van der Waals surface area contributed by atoms with Crippen molar-refractivity contribution in [1.29, 1.82) is 0 Å². The predicted molar refractivity (Wildman–Crippen MR) is 145 cm³/mol. The van der Waals surface area contributed by atoms with Crippen molar-refractivity contribution in [2.24, 2.45) is 0 Å². The van der Waals surface area contributed by atoms with E-state index in [0.717, 1.165) is 28.9 Å². The number of ether oxygens (including phenoxy) is 1. The van der Waals surface area contributed by atoms with E-state index in [9.17, 15) is 14.0 Å². The summed E-state index contributed by atoms with van der Waals surface area (Å²) in [5.74, 6) is 0.0861. The molecule has 3 aromatic carbocycles. The lowest BCUT2D eigenvalue weighted by molar-refractivity contribution is -0.141. The van der Waals surface area contributed by atoms with Crippen molar-refractivity contribution < 1.29 is 18.7 Å². The van der Waals surface area contributed by atoms with E-state index in [4.69, 9.17) is 4.74 Å². The molecular weight excluding hydrogens is 467 g/mol. The summed E-state index contributed by atoms with van der Waals surface area (Å²) < 4.78 is 19.4. The van der Waals surface area contributed by atoms with Gasteiger partial charge in [0.1, 0.15) is 17.6 Å². The number of carbonyl (C=O) groups is 2. The van der Waals surface area contributed by atoms with E-state index in [0.29, 0.717) is 19.4 Å². The topological polar surface area (TPSA) is 58.6 Å². The molecule has 3 aromatic rings. The van der Waals surface area contributed by atoms with E-state index in [2.05, 4.69) is 5.32 Å². The van der Waals surface area contributed by atoms with Gasteiger partial charge in [0.15, 0.2) is 0 Å². The van der Waals surface area contributed by atoms with E-state index in [1.165, 1.54) is 12.1 Å². The van der Waals surface area contributed by atoms with Gasteiger partial charge in [-0.25, -0.2) is 4.39 Å². The average Bonchev–Trinajstić information content (AvgIpc) is 2.91. The largest absolute Gasteiger partial charge is 0.494 e. The molecule has 1 N–H and O–H groups in total. The molecule has 0 bridgehead atoms. The SMILES string of the molecule is CC[C@@H](C)NC(=O)[C@@H](Cc1ccccc1)N(Cc1ccc(F)cc1)C(=O)CCCOc1ccc(C)cc1. The fraction of sp³-hybridized carbons (Fsp3) is 0.355. The lowest BCUT2D eigenvalue weighted by Gasteiger charge is -2.32. The Balaban J connectivity index is 1.78. The minimum absolute atomic E-state index is 0.0172. The number of nitrogens with zero attached hydrogens (tertiary/aromatic N) is 1. The van der Waals surface area contributed by atoms with Crippen molar-refractivity contribution in [2.75, 3.05) is 6.61 Å². The van der Waals surface area contributed by atoms with Crippen molar-refractivity contribution in [3.05, 3.63) is 101 Å². The third kappa shape index (κ3) is 9.05. The van der Waals surface area contributed by atoms with Gasteiger partial charge in [-0.2, -0.15) is 0 Å². The quantitative estimate of drug-likeness (QED) is 0.297. The molecule has 0 radical (unpaired) electrons. The molecule has 0 saturated carbocycles. The van der Waals surface area contributed by atoms with Crippen LogP contribution in [0.5, 0.6) is 5.75 Å². The van der Waals surface area contributed by atoms with Crippen LogP contribution >= 0.6 is 0 Å². The van der Waals surface area contributed by atoms with Crippen LogP contribution in [0.25, 0.3) is 0 Å². The van der Waals surface area contributed by atoms with Crippen LogP contribution in [0.15, 0.2) is 78.9 Å². The van der Waals surface area contributed by atoms with Crippen molar-refractivity contribution in [2.45, 2.75) is 65.1 Å². The molecule has 0 aromatic heterocycles. The number of nitrogens with one attached hydrogen (secondary N) is 1. The predicted octanol–water partition coefficient (Wildman–Crippen LogP) is 5.85. The first-order valence-corrected chi connectivity index (χ1v) is 12.9. The second-order valence-corrected chi connectivity index (χ2v) is 9.44. The Morgan fingerprint density at radius 3 is 2.27 bits per heavy atom. The van der Waals surface area contributed by atoms with Gasteiger partial charge in [0.25, 0.3) is 0 Å². The molecule has 2 amide bonds. The molecular formula is C31H37FN2O3. The number of carbonyl (C=O) groups excluding carboxylic acids is 2. The van der Waals surface area contributed by atoms with Crippen LogP contribution in [0.2, 0.25) is 0 Å². The molecule has 196 valence electrons. The maximum absolute atomic E-state index is 13.6. The van der Waals surface area contributed by atoms with Crippen LogP contribution < -0.4 is 10.1 Å². The third-order valence-corrected chi connectivity index (χ3v) is 6.36. The second-order valence-electron chi connectivity index (χ2n) is 9.44. The highest BCUT2D eigenvalue weighted by molar-refractivity contribution is 5.88. The molecule has 5 nitrogen and oxygen atoms in total. The zero-order valence-electron chi connectivity index (χ0n) is 22.0. The summed E-state index contributed by atoms with van der Waals surface area (Å²) in [6, 6.07) is 22.8.